The van der Waals surface area contributed by atoms with Gasteiger partial charge in [-0.05, 0) is 30.2 Å². The maximum absolute atomic E-state index is 12.4. The van der Waals surface area contributed by atoms with Crippen LogP contribution in [-0.2, 0) is 6.54 Å². The van der Waals surface area contributed by atoms with E-state index in [0.29, 0.717) is 24.5 Å². The number of benzene rings is 1. The second-order valence-corrected chi connectivity index (χ2v) is 7.22. The Kier molecular flexibility index (Phi) is 4.24. The molecule has 10 heteroatoms. The van der Waals surface area contributed by atoms with Crippen LogP contribution in [0.1, 0.15) is 18.2 Å². The third-order valence-corrected chi connectivity index (χ3v) is 5.27. The highest BCUT2D eigenvalue weighted by atomic mass is 32.1. The Labute approximate surface area is 168 Å². The summed E-state index contributed by atoms with van der Waals surface area (Å²) < 4.78 is 14.8. The van der Waals surface area contributed by atoms with Crippen LogP contribution in [0.5, 0.6) is 0 Å². The van der Waals surface area contributed by atoms with Gasteiger partial charge in [-0.2, -0.15) is 18.8 Å². The highest BCUT2D eigenvalue weighted by Gasteiger charge is 2.19. The Balaban J connectivity index is 1.41. The summed E-state index contributed by atoms with van der Waals surface area (Å²) in [7, 11) is 0. The second-order valence-electron chi connectivity index (χ2n) is 6.69. The van der Waals surface area contributed by atoms with Crippen molar-refractivity contribution in [2.45, 2.75) is 18.9 Å². The standard InChI is InChI=1S/C19H15N7O2S/c20-19-21-18(23-28-19)13-3-1-2-11(8-13)10-26-17(27)7-6-14(22-26)12-4-5-15-16(9-12)25-29-24-15/h1-7,9,13H,8,10H2,(H2,20,21,23). The molecule has 0 spiro atoms. The van der Waals surface area contributed by atoms with E-state index in [0.717, 1.165) is 22.2 Å². The Morgan fingerprint density at radius 1 is 1.21 bits per heavy atom. The maximum atomic E-state index is 12.4. The number of hydrogen-bond donors (Lipinski definition) is 1. The number of nitrogens with zero attached hydrogens (tertiary/aromatic N) is 6. The molecule has 1 unspecified atom stereocenters. The van der Waals surface area contributed by atoms with Crippen LogP contribution in [0.15, 0.2) is 63.5 Å². The largest absolute Gasteiger partial charge is 0.351 e. The lowest BCUT2D eigenvalue weighted by Crippen LogP contribution is -2.24. The van der Waals surface area contributed by atoms with Gasteiger partial charge in [0.05, 0.1) is 24.0 Å². The smallest absolute Gasteiger partial charge is 0.318 e. The van der Waals surface area contributed by atoms with Crippen LogP contribution in [-0.4, -0.2) is 28.7 Å². The molecule has 0 saturated carbocycles. The quantitative estimate of drug-likeness (QED) is 0.549. The molecular formula is C19H15N7O2S. The van der Waals surface area contributed by atoms with Gasteiger partial charge in [0.15, 0.2) is 5.82 Å². The van der Waals surface area contributed by atoms with Crippen LogP contribution in [0.3, 0.4) is 0 Å². The molecule has 0 radical (unpaired) electrons. The molecule has 1 atom stereocenters. The van der Waals surface area contributed by atoms with Gasteiger partial charge in [0, 0.05) is 17.5 Å². The van der Waals surface area contributed by atoms with Gasteiger partial charge in [-0.25, -0.2) is 4.68 Å². The second kappa shape index (κ2) is 7.06. The lowest BCUT2D eigenvalue weighted by atomic mass is 9.93. The summed E-state index contributed by atoms with van der Waals surface area (Å²) in [4.78, 5) is 16.5. The fraction of sp³-hybridized carbons (Fsp3) is 0.158. The molecule has 2 N–H and O–H groups in total. The molecule has 0 amide bonds. The van der Waals surface area contributed by atoms with Crippen LogP contribution in [0.2, 0.25) is 0 Å². The summed E-state index contributed by atoms with van der Waals surface area (Å²) in [6.07, 6.45) is 6.55. The van der Waals surface area contributed by atoms with Crippen molar-refractivity contribution in [3.8, 4) is 11.3 Å². The van der Waals surface area contributed by atoms with E-state index >= 15 is 0 Å². The number of hydrogen-bond acceptors (Lipinski definition) is 9. The molecule has 0 saturated heterocycles. The van der Waals surface area contributed by atoms with E-state index in [1.807, 2.05) is 36.4 Å². The number of rotatable bonds is 4. The fourth-order valence-electron chi connectivity index (χ4n) is 3.29. The Morgan fingerprint density at radius 3 is 2.97 bits per heavy atom. The van der Waals surface area contributed by atoms with Crippen LogP contribution < -0.4 is 11.3 Å². The first-order valence-corrected chi connectivity index (χ1v) is 9.65. The van der Waals surface area contributed by atoms with Gasteiger partial charge in [0.2, 0.25) is 0 Å². The van der Waals surface area contributed by atoms with E-state index < -0.39 is 0 Å². The Morgan fingerprint density at radius 2 is 2.10 bits per heavy atom. The van der Waals surface area contributed by atoms with Crippen molar-refractivity contribution in [3.05, 3.63) is 70.3 Å². The molecule has 0 aliphatic heterocycles. The third kappa shape index (κ3) is 3.45. The molecule has 0 fully saturated rings. The topological polar surface area (TPSA) is 126 Å². The van der Waals surface area contributed by atoms with Gasteiger partial charge in [-0.1, -0.05) is 29.5 Å². The Bertz CT molecular complexity index is 1320. The van der Waals surface area contributed by atoms with Crippen molar-refractivity contribution >= 4 is 28.8 Å². The zero-order chi connectivity index (χ0) is 19.8. The van der Waals surface area contributed by atoms with Crippen molar-refractivity contribution in [1.29, 1.82) is 0 Å². The number of nitrogen functional groups attached to an aromatic ring is 1. The minimum atomic E-state index is -0.166. The van der Waals surface area contributed by atoms with Gasteiger partial charge in [-0.15, -0.1) is 0 Å². The number of nitrogens with two attached hydrogens (primary N) is 1. The van der Waals surface area contributed by atoms with Crippen LogP contribution in [0.4, 0.5) is 6.01 Å². The molecule has 3 heterocycles. The monoisotopic (exact) mass is 405 g/mol. The first-order valence-electron chi connectivity index (χ1n) is 8.92. The summed E-state index contributed by atoms with van der Waals surface area (Å²) in [5.74, 6) is 0.484. The van der Waals surface area contributed by atoms with E-state index in [4.69, 9.17) is 10.3 Å². The van der Waals surface area contributed by atoms with Crippen molar-refractivity contribution in [3.63, 3.8) is 0 Å². The number of aromatic nitrogens is 6. The van der Waals surface area contributed by atoms with E-state index in [1.165, 1.54) is 22.5 Å². The van der Waals surface area contributed by atoms with E-state index in [1.54, 1.807) is 6.07 Å². The lowest BCUT2D eigenvalue weighted by Gasteiger charge is -2.16. The summed E-state index contributed by atoms with van der Waals surface area (Å²) in [6, 6.07) is 9.06. The minimum absolute atomic E-state index is 0.0439. The normalized spacial score (nSPS) is 16.3. The number of fused-ring (bicyclic) bond motifs is 1. The zero-order valence-corrected chi connectivity index (χ0v) is 15.9. The summed E-state index contributed by atoms with van der Waals surface area (Å²) in [5, 5.41) is 8.44. The van der Waals surface area contributed by atoms with Gasteiger partial charge < -0.3 is 10.3 Å². The predicted molar refractivity (Wildman–Crippen MR) is 108 cm³/mol. The van der Waals surface area contributed by atoms with Gasteiger partial charge >= 0.3 is 6.01 Å². The van der Waals surface area contributed by atoms with Gasteiger partial charge in [0.25, 0.3) is 5.56 Å². The molecule has 1 aliphatic rings. The summed E-state index contributed by atoms with van der Waals surface area (Å²) in [6.45, 7) is 0.376. The third-order valence-electron chi connectivity index (χ3n) is 4.72. The molecule has 5 rings (SSSR count). The van der Waals surface area contributed by atoms with Crippen molar-refractivity contribution in [1.82, 2.24) is 28.7 Å². The zero-order valence-electron chi connectivity index (χ0n) is 15.1. The number of allylic oxidation sites excluding steroid dienone is 4. The maximum Gasteiger partial charge on any atom is 0.318 e. The minimum Gasteiger partial charge on any atom is -0.351 e. The van der Waals surface area contributed by atoms with Crippen molar-refractivity contribution in [2.75, 3.05) is 5.73 Å². The first kappa shape index (κ1) is 17.4. The molecule has 0 bridgehead atoms. The Hall–Kier alpha value is -3.66. The first-order chi connectivity index (χ1) is 14.2. The average molecular weight is 405 g/mol. The fourth-order valence-corrected chi connectivity index (χ4v) is 3.80. The molecule has 1 aliphatic carbocycles. The van der Waals surface area contributed by atoms with E-state index in [2.05, 4.69) is 24.0 Å². The van der Waals surface area contributed by atoms with E-state index in [-0.39, 0.29) is 17.5 Å². The highest BCUT2D eigenvalue weighted by molar-refractivity contribution is 7.00. The lowest BCUT2D eigenvalue weighted by molar-refractivity contribution is 0.423. The highest BCUT2D eigenvalue weighted by Crippen LogP contribution is 2.28. The van der Waals surface area contributed by atoms with Crippen molar-refractivity contribution < 1.29 is 4.52 Å². The summed E-state index contributed by atoms with van der Waals surface area (Å²) >= 11 is 1.17. The SMILES string of the molecule is Nc1nc(C2C=CC=C(Cn3nc(-c4ccc5nsnc5c4)ccc3=O)C2)no1. The summed E-state index contributed by atoms with van der Waals surface area (Å²) in [5.41, 5.74) is 9.64. The van der Waals surface area contributed by atoms with E-state index in [9.17, 15) is 4.79 Å². The predicted octanol–water partition coefficient (Wildman–Crippen LogP) is 2.55. The average Bonchev–Trinajstić information content (AvgIpc) is 3.38. The van der Waals surface area contributed by atoms with Crippen molar-refractivity contribution in [2.24, 2.45) is 0 Å². The molecule has 3 aromatic heterocycles. The molecule has 29 heavy (non-hydrogen) atoms. The number of anilines is 1. The van der Waals surface area contributed by atoms with Gasteiger partial charge in [0.1, 0.15) is 11.0 Å². The molecule has 4 aromatic rings. The van der Waals surface area contributed by atoms with Crippen LogP contribution in [0, 0.1) is 0 Å². The van der Waals surface area contributed by atoms with Crippen LogP contribution >= 0.6 is 11.7 Å². The van der Waals surface area contributed by atoms with Gasteiger partial charge in [-0.3, -0.25) is 4.79 Å². The van der Waals surface area contributed by atoms with Crippen LogP contribution in [0.25, 0.3) is 22.3 Å². The molecule has 9 nitrogen and oxygen atoms in total. The molecule has 144 valence electrons. The molecular weight excluding hydrogens is 390 g/mol. The molecule has 1 aromatic carbocycles.